The predicted molar refractivity (Wildman–Crippen MR) is 149 cm³/mol. The lowest BCUT2D eigenvalue weighted by Gasteiger charge is -2.50. The number of benzene rings is 3. The summed E-state index contributed by atoms with van der Waals surface area (Å²) in [5.74, 6) is -5.35. The van der Waals surface area contributed by atoms with Crippen LogP contribution in [-0.4, -0.2) is 73.1 Å². The summed E-state index contributed by atoms with van der Waals surface area (Å²) in [6.45, 7) is 1.91. The minimum atomic E-state index is -3.71. The smallest absolute Gasteiger partial charge is 0.199 e. The van der Waals surface area contributed by atoms with E-state index in [0.717, 1.165) is 13.8 Å². The maximum atomic E-state index is 13.2. The first-order valence-corrected chi connectivity index (χ1v) is 12.9. The Labute approximate surface area is 238 Å². The van der Waals surface area contributed by atoms with Crippen LogP contribution in [0.5, 0.6) is 0 Å². The molecule has 0 radical (unpaired) electrons. The highest BCUT2D eigenvalue weighted by Crippen LogP contribution is 2.44. The molecule has 0 aliphatic carbocycles. The molecule has 0 bridgehead atoms. The van der Waals surface area contributed by atoms with E-state index in [1.54, 1.807) is 91.0 Å². The second kappa shape index (κ2) is 11.9. The Morgan fingerprint density at radius 2 is 1.00 bits per heavy atom. The fraction of sp³-hybridized carbons (Fsp3) is 0.312. The number of Topliss-reactive ketones (excluding diaryl/α,β-unsaturated/α-hetero) is 4. The van der Waals surface area contributed by atoms with Crippen LogP contribution in [0, 0.1) is 0 Å². The van der Waals surface area contributed by atoms with E-state index in [1.165, 1.54) is 0 Å². The Balaban J connectivity index is 2.35. The molecule has 1 unspecified atom stereocenters. The van der Waals surface area contributed by atoms with Gasteiger partial charge in [-0.15, -0.1) is 0 Å². The Morgan fingerprint density at radius 3 is 1.27 bits per heavy atom. The van der Waals surface area contributed by atoms with Crippen LogP contribution in [0.4, 0.5) is 0 Å². The van der Waals surface area contributed by atoms with Gasteiger partial charge in [-0.3, -0.25) is 19.2 Å². The summed E-state index contributed by atoms with van der Waals surface area (Å²) in [6.07, 6.45) is -2.66. The zero-order valence-corrected chi connectivity index (χ0v) is 23.3. The van der Waals surface area contributed by atoms with E-state index in [2.05, 4.69) is 0 Å². The molecule has 216 valence electrons. The van der Waals surface area contributed by atoms with Crippen molar-refractivity contribution in [2.75, 3.05) is 6.61 Å². The molecular formula is C32H34O9. The number of aliphatic hydroxyl groups is 4. The molecule has 0 spiro atoms. The number of hydrogen-bond acceptors (Lipinski definition) is 9. The fourth-order valence-corrected chi connectivity index (χ4v) is 5.26. The summed E-state index contributed by atoms with van der Waals surface area (Å²) in [4.78, 5) is 51.2. The van der Waals surface area contributed by atoms with Gasteiger partial charge in [0.25, 0.3) is 0 Å². The van der Waals surface area contributed by atoms with E-state index in [9.17, 15) is 39.6 Å². The molecule has 0 fully saturated rings. The zero-order valence-electron chi connectivity index (χ0n) is 23.3. The Kier molecular flexibility index (Phi) is 9.22. The van der Waals surface area contributed by atoms with E-state index >= 15 is 0 Å². The van der Waals surface area contributed by atoms with Crippen LogP contribution < -0.4 is 0 Å². The van der Waals surface area contributed by atoms with Crippen molar-refractivity contribution >= 4 is 23.1 Å². The second-order valence-corrected chi connectivity index (χ2v) is 10.1. The summed E-state index contributed by atoms with van der Waals surface area (Å²) in [6, 6.07) is 26.3. The van der Waals surface area contributed by atoms with Crippen LogP contribution >= 0.6 is 0 Å². The monoisotopic (exact) mass is 562 g/mol. The third kappa shape index (κ3) is 5.07. The van der Waals surface area contributed by atoms with Gasteiger partial charge in [0, 0.05) is 0 Å². The van der Waals surface area contributed by atoms with Crippen molar-refractivity contribution < 1.29 is 44.3 Å². The van der Waals surface area contributed by atoms with Crippen LogP contribution in [0.15, 0.2) is 91.0 Å². The molecule has 4 N–H and O–H groups in total. The third-order valence-electron chi connectivity index (χ3n) is 7.60. The number of carbonyl (C=O) groups excluding carboxylic acids is 4. The molecule has 41 heavy (non-hydrogen) atoms. The molecule has 9 nitrogen and oxygen atoms in total. The molecule has 0 aliphatic heterocycles. The van der Waals surface area contributed by atoms with Crippen LogP contribution in [-0.2, 0) is 29.5 Å². The number of rotatable bonds is 13. The van der Waals surface area contributed by atoms with Crippen LogP contribution in [0.3, 0.4) is 0 Å². The van der Waals surface area contributed by atoms with Crippen molar-refractivity contribution in [1.29, 1.82) is 0 Å². The highest BCUT2D eigenvalue weighted by atomic mass is 16.5. The molecule has 3 rings (SSSR count). The van der Waals surface area contributed by atoms with Crippen LogP contribution in [0.25, 0.3) is 0 Å². The number of aliphatic hydroxyl groups excluding tert-OH is 1. The average Bonchev–Trinajstić information content (AvgIpc) is 2.97. The van der Waals surface area contributed by atoms with E-state index in [-0.39, 0.29) is 0 Å². The van der Waals surface area contributed by atoms with Gasteiger partial charge in [0.1, 0.15) is 5.60 Å². The van der Waals surface area contributed by atoms with Gasteiger partial charge in [-0.05, 0) is 44.4 Å². The third-order valence-corrected chi connectivity index (χ3v) is 7.60. The van der Waals surface area contributed by atoms with Crippen molar-refractivity contribution in [1.82, 2.24) is 0 Å². The first-order chi connectivity index (χ1) is 19.2. The zero-order chi connectivity index (χ0) is 30.6. The number of hydrogen-bond donors (Lipinski definition) is 4. The first kappa shape index (κ1) is 31.7. The number of ether oxygens (including phenoxy) is 1. The van der Waals surface area contributed by atoms with Crippen LogP contribution in [0.2, 0.25) is 0 Å². The van der Waals surface area contributed by atoms with Gasteiger partial charge in [0.05, 0.1) is 6.61 Å². The molecule has 0 aliphatic rings. The average molecular weight is 563 g/mol. The quantitative estimate of drug-likeness (QED) is 0.228. The highest BCUT2D eigenvalue weighted by Gasteiger charge is 2.73. The Hall–Kier alpha value is -3.86. The molecule has 0 saturated heterocycles. The largest absolute Gasteiger partial charge is 0.382 e. The summed E-state index contributed by atoms with van der Waals surface area (Å²) in [5.41, 5.74) is -10.6. The Bertz CT molecular complexity index is 1310. The summed E-state index contributed by atoms with van der Waals surface area (Å²) in [7, 11) is 0. The van der Waals surface area contributed by atoms with Gasteiger partial charge in [-0.1, -0.05) is 91.0 Å². The molecule has 0 saturated carbocycles. The van der Waals surface area contributed by atoms with Crippen molar-refractivity contribution in [3.8, 4) is 0 Å². The summed E-state index contributed by atoms with van der Waals surface area (Å²) < 4.78 is 6.45. The fourth-order valence-electron chi connectivity index (χ4n) is 5.26. The van der Waals surface area contributed by atoms with Gasteiger partial charge in [0.2, 0.25) is 0 Å². The van der Waals surface area contributed by atoms with Crippen molar-refractivity contribution in [3.05, 3.63) is 108 Å². The lowest BCUT2D eigenvalue weighted by molar-refractivity contribution is -0.257. The summed E-state index contributed by atoms with van der Waals surface area (Å²) in [5, 5.41) is 45.8. The molecule has 0 heterocycles. The molecule has 9 heteroatoms. The van der Waals surface area contributed by atoms with E-state index < -0.39 is 58.2 Å². The number of carbonyl (C=O) groups is 4. The molecule has 3 aromatic rings. The highest BCUT2D eigenvalue weighted by molar-refractivity contribution is 6.07. The first-order valence-electron chi connectivity index (χ1n) is 12.9. The minimum absolute atomic E-state index is 0.542. The normalized spacial score (nSPS) is 16.9. The van der Waals surface area contributed by atoms with Gasteiger partial charge in [-0.25, -0.2) is 0 Å². The van der Waals surface area contributed by atoms with Crippen molar-refractivity contribution in [2.45, 2.75) is 56.2 Å². The SMILES string of the molecule is CC(=O)C(O)[C@](O)(C(C)=O)[C@@](O)(C(C)=O)[C@](O)(COC(c1ccccc1)(c1ccccc1)c1ccccc1)C(C)=O. The van der Waals surface area contributed by atoms with Crippen LogP contribution in [0.1, 0.15) is 44.4 Å². The maximum Gasteiger partial charge on any atom is 0.199 e. The van der Waals surface area contributed by atoms with Gasteiger partial charge in [-0.2, -0.15) is 0 Å². The Morgan fingerprint density at radius 1 is 0.634 bits per heavy atom. The van der Waals surface area contributed by atoms with E-state index in [1.807, 2.05) is 0 Å². The summed E-state index contributed by atoms with van der Waals surface area (Å²) >= 11 is 0. The molecule has 0 aromatic heterocycles. The van der Waals surface area contributed by atoms with Crippen molar-refractivity contribution in [3.63, 3.8) is 0 Å². The molecule has 0 amide bonds. The maximum absolute atomic E-state index is 13.2. The topological polar surface area (TPSA) is 158 Å². The van der Waals surface area contributed by atoms with Gasteiger partial charge < -0.3 is 25.2 Å². The predicted octanol–water partition coefficient (Wildman–Crippen LogP) is 1.91. The van der Waals surface area contributed by atoms with Crippen molar-refractivity contribution in [2.24, 2.45) is 0 Å². The van der Waals surface area contributed by atoms with E-state index in [0.29, 0.717) is 30.5 Å². The lowest BCUT2D eigenvalue weighted by Crippen LogP contribution is -2.81. The standard InChI is InChI=1S/C32H34O9/c1-21(33)28(37)31(39,23(3)35)32(40,24(4)36)29(38,22(2)34)20-41-30(25-14-8-5-9-15-25,26-16-10-6-11-17-26)27-18-12-7-13-19-27/h5-19,28,37-40H,20H2,1-4H3/t28?,29-,31+,32+/m0/s1. The van der Waals surface area contributed by atoms with Gasteiger partial charge >= 0.3 is 0 Å². The number of ketones is 4. The second-order valence-electron chi connectivity index (χ2n) is 10.1. The molecule has 4 atom stereocenters. The molecule has 3 aromatic carbocycles. The van der Waals surface area contributed by atoms with Gasteiger partial charge in [0.15, 0.2) is 46.0 Å². The van der Waals surface area contributed by atoms with E-state index in [4.69, 9.17) is 4.74 Å². The lowest BCUT2D eigenvalue weighted by atomic mass is 9.62. The minimum Gasteiger partial charge on any atom is -0.382 e. The molecular weight excluding hydrogens is 528 g/mol.